The van der Waals surface area contributed by atoms with E-state index in [-0.39, 0.29) is 17.4 Å². The largest absolute Gasteiger partial charge is 3.00 e. The molecule has 1 saturated heterocycles. The van der Waals surface area contributed by atoms with Crippen molar-refractivity contribution >= 4 is 16.5 Å². The van der Waals surface area contributed by atoms with Gasteiger partial charge in [-0.25, -0.2) is 0 Å². The van der Waals surface area contributed by atoms with E-state index in [9.17, 15) is 0 Å². The molecule has 0 aromatic rings. The molecule has 0 N–H and O–H groups in total. The molecule has 2 fully saturated rings. The van der Waals surface area contributed by atoms with Crippen molar-refractivity contribution in [2.75, 3.05) is 13.2 Å². The summed E-state index contributed by atoms with van der Waals surface area (Å²) in [5.74, 6) is 2.53. The molecule has 0 amide bonds. The second kappa shape index (κ2) is 11.9. The van der Waals surface area contributed by atoms with Crippen LogP contribution in [-0.4, -0.2) is 41.8 Å². The molecule has 1 aliphatic carbocycles. The van der Waals surface area contributed by atoms with E-state index in [1.807, 2.05) is 0 Å². The number of ether oxygens (including phenoxy) is 1. The Morgan fingerprint density at radius 2 is 1.33 bits per heavy atom. The predicted octanol–water partition coefficient (Wildman–Crippen LogP) is 7.13. The van der Waals surface area contributed by atoms with Crippen LogP contribution >= 0.6 is 0 Å². The van der Waals surface area contributed by atoms with E-state index in [1.165, 1.54) is 19.3 Å². The van der Waals surface area contributed by atoms with Crippen LogP contribution in [0.25, 0.3) is 9.96 Å². The van der Waals surface area contributed by atoms with Gasteiger partial charge in [0.15, 0.2) is 0 Å². The molecule has 1 saturated carbocycles. The molecule has 27 heavy (non-hydrogen) atoms. The van der Waals surface area contributed by atoms with Crippen LogP contribution in [-0.2, 0) is 22.1 Å². The Balaban J connectivity index is 0.000000969. The minimum Gasteiger partial charge on any atom is -0.664 e. The molecule has 2 aliphatic rings. The van der Waals surface area contributed by atoms with Gasteiger partial charge in [0.25, 0.3) is 0 Å². The Bertz CT molecular complexity index is 407. The maximum Gasteiger partial charge on any atom is 3.00 e. The molecule has 6 heteroatoms. The molecule has 0 spiro atoms. The zero-order valence-electron chi connectivity index (χ0n) is 19.6. The quantitative estimate of drug-likeness (QED) is 0.314. The van der Waals surface area contributed by atoms with E-state index < -0.39 is 16.5 Å². The standard InChI is InChI=1S/C17H37N2Si2.C4H8O.Cr/c1-12(2)18-20(7,8)16-11-14(5)17(15(16)6)21(9,10)19-13(3)4;1-2-4-5-3-1;/h12-14,16-17H,11H2,1-10H3;1-4H2;/q-3;;+3. The molecule has 159 valence electrons. The molecule has 1 aliphatic heterocycles. The predicted molar refractivity (Wildman–Crippen MR) is 122 cm³/mol. The molecule has 0 aromatic heterocycles. The molecular weight excluding hydrogens is 404 g/mol. The Labute approximate surface area is 183 Å². The summed E-state index contributed by atoms with van der Waals surface area (Å²) in [5.41, 5.74) is 1.51. The minimum absolute atomic E-state index is 0. The summed E-state index contributed by atoms with van der Waals surface area (Å²) < 4.78 is 4.94. The molecule has 2 rings (SSSR count). The summed E-state index contributed by atoms with van der Waals surface area (Å²) in [6, 6.07) is 0.941. The van der Waals surface area contributed by atoms with Crippen LogP contribution in [0.15, 0.2) is 0 Å². The first-order valence-corrected chi connectivity index (χ1v) is 16.8. The van der Waals surface area contributed by atoms with Crippen LogP contribution < -0.4 is 0 Å². The van der Waals surface area contributed by atoms with Gasteiger partial charge in [0.1, 0.15) is 0 Å². The van der Waals surface area contributed by atoms with Gasteiger partial charge in [0.2, 0.25) is 0 Å². The summed E-state index contributed by atoms with van der Waals surface area (Å²) in [6.45, 7) is 25.7. The van der Waals surface area contributed by atoms with Crippen molar-refractivity contribution in [1.82, 2.24) is 0 Å². The van der Waals surface area contributed by atoms with E-state index >= 15 is 0 Å². The summed E-state index contributed by atoms with van der Waals surface area (Å²) in [6.07, 6.45) is 3.90. The third-order valence-corrected chi connectivity index (χ3v) is 13.1. The average Bonchev–Trinajstić information content (AvgIpc) is 3.07. The number of nitrogens with zero attached hydrogens (tertiary/aromatic N) is 2. The van der Waals surface area contributed by atoms with Gasteiger partial charge >= 0.3 is 17.4 Å². The van der Waals surface area contributed by atoms with Gasteiger partial charge in [0.05, 0.1) is 0 Å². The van der Waals surface area contributed by atoms with Crippen LogP contribution in [0.1, 0.15) is 60.8 Å². The van der Waals surface area contributed by atoms with Crippen LogP contribution in [0, 0.1) is 11.8 Å². The zero-order valence-corrected chi connectivity index (χ0v) is 22.9. The third kappa shape index (κ3) is 8.62. The first kappa shape index (κ1) is 27.8. The van der Waals surface area contributed by atoms with Crippen molar-refractivity contribution < 1.29 is 22.1 Å². The molecule has 1 radical (unpaired) electrons. The first-order valence-electron chi connectivity index (χ1n) is 10.7. The average molecular weight is 450 g/mol. The van der Waals surface area contributed by atoms with E-state index in [0.29, 0.717) is 12.1 Å². The maximum atomic E-state index is 5.17. The minimum atomic E-state index is -1.55. The Morgan fingerprint density at radius 1 is 0.889 bits per heavy atom. The maximum absolute atomic E-state index is 5.17. The summed E-state index contributed by atoms with van der Waals surface area (Å²) in [7, 11) is -3.08. The van der Waals surface area contributed by atoms with Crippen LogP contribution in [0.3, 0.4) is 0 Å². The smallest absolute Gasteiger partial charge is 0.664 e. The van der Waals surface area contributed by atoms with Gasteiger partial charge in [-0.2, -0.15) is 18.0 Å². The summed E-state index contributed by atoms with van der Waals surface area (Å²) in [5, 5.41) is 0. The third-order valence-electron chi connectivity index (χ3n) is 5.84. The second-order valence-electron chi connectivity index (χ2n) is 10.1. The fourth-order valence-electron chi connectivity index (χ4n) is 5.47. The second-order valence-corrected chi connectivity index (χ2v) is 18.5. The molecule has 3 unspecified atom stereocenters. The van der Waals surface area contributed by atoms with Crippen molar-refractivity contribution in [3.63, 3.8) is 0 Å². The van der Waals surface area contributed by atoms with Crippen molar-refractivity contribution in [2.24, 2.45) is 5.92 Å². The van der Waals surface area contributed by atoms with E-state index in [0.717, 1.165) is 30.2 Å². The van der Waals surface area contributed by atoms with Crippen molar-refractivity contribution in [3.05, 3.63) is 15.9 Å². The molecule has 0 aromatic carbocycles. The monoisotopic (exact) mass is 449 g/mol. The van der Waals surface area contributed by atoms with Crippen molar-refractivity contribution in [3.8, 4) is 0 Å². The Kier molecular flexibility index (Phi) is 12.3. The van der Waals surface area contributed by atoms with Gasteiger partial charge in [0, 0.05) is 13.2 Å². The van der Waals surface area contributed by atoms with Gasteiger partial charge in [-0.3, -0.25) is 0 Å². The molecule has 3 atom stereocenters. The molecule has 0 bridgehead atoms. The first-order chi connectivity index (χ1) is 11.9. The van der Waals surface area contributed by atoms with Gasteiger partial charge < -0.3 is 20.6 Å². The number of hydrogen-bond donors (Lipinski definition) is 0. The van der Waals surface area contributed by atoms with Gasteiger partial charge in [-0.1, -0.05) is 89.6 Å². The SMILES string of the molecule is C1CCOC1.C[C-]1C([Si](C)(C)[N-]C(C)C)CC(C)C1[Si](C)(C)[N-]C(C)C.[Cr+3]. The normalized spacial score (nSPS) is 26.9. The van der Waals surface area contributed by atoms with Gasteiger partial charge in [-0.15, -0.1) is 12.1 Å². The van der Waals surface area contributed by atoms with Gasteiger partial charge in [-0.05, 0) is 12.8 Å². The molecule has 1 heterocycles. The molecule has 3 nitrogen and oxygen atoms in total. The topological polar surface area (TPSA) is 37.4 Å². The van der Waals surface area contributed by atoms with Crippen LogP contribution in [0.4, 0.5) is 0 Å². The zero-order chi connectivity index (χ0) is 20.1. The Hall–Kier alpha value is 0.846. The summed E-state index contributed by atoms with van der Waals surface area (Å²) >= 11 is 0. The van der Waals surface area contributed by atoms with Crippen molar-refractivity contribution in [2.45, 2.75) is 110 Å². The van der Waals surface area contributed by atoms with Crippen molar-refractivity contribution in [1.29, 1.82) is 0 Å². The van der Waals surface area contributed by atoms with E-state index in [4.69, 9.17) is 14.7 Å². The van der Waals surface area contributed by atoms with E-state index in [1.54, 1.807) is 5.92 Å². The number of hydrogen-bond acceptors (Lipinski definition) is 1. The van der Waals surface area contributed by atoms with Crippen LogP contribution in [0.2, 0.25) is 37.3 Å². The fourth-order valence-corrected chi connectivity index (χ4v) is 13.7. The number of rotatable bonds is 6. The molecular formula is C21H45CrN2OSi2. The summed E-state index contributed by atoms with van der Waals surface area (Å²) in [4.78, 5) is 10.3. The Morgan fingerprint density at radius 3 is 1.70 bits per heavy atom. The van der Waals surface area contributed by atoms with Crippen LogP contribution in [0.5, 0.6) is 0 Å². The van der Waals surface area contributed by atoms with E-state index in [2.05, 4.69) is 67.7 Å². The fraction of sp³-hybridized carbons (Fsp3) is 0.952.